The molecule has 0 spiro atoms. The van der Waals surface area contributed by atoms with Crippen LogP contribution < -0.4 is 4.74 Å². The lowest BCUT2D eigenvalue weighted by molar-refractivity contribution is 0.103. The van der Waals surface area contributed by atoms with Gasteiger partial charge in [-0.1, -0.05) is 6.07 Å². The molecule has 1 heterocycles. The molecule has 0 aliphatic heterocycles. The van der Waals surface area contributed by atoms with Gasteiger partial charge in [-0.05, 0) is 26.0 Å². The molecule has 5 heteroatoms. The molecule has 0 radical (unpaired) electrons. The topological polar surface area (TPSA) is 36.3 Å². The Bertz CT molecular complexity index is 568. The van der Waals surface area contributed by atoms with E-state index < -0.39 is 0 Å². The van der Waals surface area contributed by atoms with Crippen molar-refractivity contribution >= 4 is 22.6 Å². The van der Waals surface area contributed by atoms with E-state index in [-0.39, 0.29) is 6.10 Å². The molecule has 2 aromatic rings. The van der Waals surface area contributed by atoms with Crippen LogP contribution in [-0.2, 0) is 17.7 Å². The number of ether oxygens (including phenoxy) is 2. The summed E-state index contributed by atoms with van der Waals surface area (Å²) < 4.78 is 13.2. The van der Waals surface area contributed by atoms with E-state index in [9.17, 15) is 0 Å². The summed E-state index contributed by atoms with van der Waals surface area (Å²) in [5, 5.41) is 0. The second kappa shape index (κ2) is 6.95. The highest BCUT2D eigenvalue weighted by atomic mass is 35.5. The highest BCUT2D eigenvalue weighted by molar-refractivity contribution is 6.17. The molecule has 0 aliphatic rings. The maximum absolute atomic E-state index is 5.89. The zero-order valence-corrected chi connectivity index (χ0v) is 13.0. The van der Waals surface area contributed by atoms with Crippen molar-refractivity contribution in [1.29, 1.82) is 0 Å². The van der Waals surface area contributed by atoms with E-state index in [0.29, 0.717) is 12.5 Å². The van der Waals surface area contributed by atoms with Crippen molar-refractivity contribution in [2.75, 3.05) is 19.6 Å². The number of aryl methyl sites for hydroxylation is 1. The minimum atomic E-state index is 0.122. The summed E-state index contributed by atoms with van der Waals surface area (Å²) in [6.07, 6.45) is 0.857. The van der Waals surface area contributed by atoms with Crippen LogP contribution in [0.5, 0.6) is 5.75 Å². The largest absolute Gasteiger partial charge is 0.492 e. The van der Waals surface area contributed by atoms with Crippen molar-refractivity contribution < 1.29 is 9.47 Å². The fourth-order valence-corrected chi connectivity index (χ4v) is 2.42. The van der Waals surface area contributed by atoms with Crippen LogP contribution in [0.2, 0.25) is 0 Å². The zero-order valence-electron chi connectivity index (χ0n) is 12.2. The third kappa shape index (κ3) is 3.07. The first kappa shape index (κ1) is 15.1. The first-order chi connectivity index (χ1) is 9.71. The standard InChI is InChI=1S/C15H21ClN2O2/c1-4-20-13-7-5-6-12-15(13)17-14(8-9-16)18(12)10-11(2)19-3/h5-7,11H,4,8-10H2,1-3H3. The van der Waals surface area contributed by atoms with Crippen molar-refractivity contribution in [1.82, 2.24) is 9.55 Å². The van der Waals surface area contributed by atoms with E-state index in [1.54, 1.807) is 7.11 Å². The summed E-state index contributed by atoms with van der Waals surface area (Å²) in [5.41, 5.74) is 1.97. The van der Waals surface area contributed by atoms with Crippen molar-refractivity contribution in [3.63, 3.8) is 0 Å². The molecule has 1 unspecified atom stereocenters. The molecule has 0 bridgehead atoms. The Morgan fingerprint density at radius 2 is 2.20 bits per heavy atom. The van der Waals surface area contributed by atoms with Gasteiger partial charge >= 0.3 is 0 Å². The average Bonchev–Trinajstić information content (AvgIpc) is 2.79. The zero-order chi connectivity index (χ0) is 14.5. The second-order valence-corrected chi connectivity index (χ2v) is 5.06. The smallest absolute Gasteiger partial charge is 0.147 e. The Hall–Kier alpha value is -1.26. The number of rotatable bonds is 7. The molecule has 0 amide bonds. The number of alkyl halides is 1. The Labute approximate surface area is 124 Å². The summed E-state index contributed by atoms with van der Waals surface area (Å²) in [4.78, 5) is 4.71. The monoisotopic (exact) mass is 296 g/mol. The van der Waals surface area contributed by atoms with E-state index in [1.807, 2.05) is 26.0 Å². The molecule has 1 aromatic carbocycles. The molecular formula is C15H21ClN2O2. The predicted octanol–water partition coefficient (Wildman–Crippen LogP) is 3.25. The van der Waals surface area contributed by atoms with E-state index in [1.165, 1.54) is 0 Å². The molecule has 1 atom stereocenters. The maximum atomic E-state index is 5.89. The summed E-state index contributed by atoms with van der Waals surface area (Å²) in [6, 6.07) is 6.01. The van der Waals surface area contributed by atoms with Crippen LogP contribution in [0, 0.1) is 0 Å². The molecule has 20 heavy (non-hydrogen) atoms. The summed E-state index contributed by atoms with van der Waals surface area (Å²) in [7, 11) is 1.72. The van der Waals surface area contributed by atoms with Crippen LogP contribution in [0.1, 0.15) is 19.7 Å². The van der Waals surface area contributed by atoms with Crippen LogP contribution in [0.15, 0.2) is 18.2 Å². The molecule has 0 N–H and O–H groups in total. The fraction of sp³-hybridized carbons (Fsp3) is 0.533. The Morgan fingerprint density at radius 1 is 1.40 bits per heavy atom. The first-order valence-electron chi connectivity index (χ1n) is 6.90. The lowest BCUT2D eigenvalue weighted by atomic mass is 10.3. The molecule has 0 saturated heterocycles. The van der Waals surface area contributed by atoms with Gasteiger partial charge in [-0.25, -0.2) is 4.98 Å². The molecule has 0 fully saturated rings. The van der Waals surface area contributed by atoms with Crippen LogP contribution in [0.3, 0.4) is 0 Å². The lowest BCUT2D eigenvalue weighted by Gasteiger charge is -2.13. The number of fused-ring (bicyclic) bond motifs is 1. The minimum Gasteiger partial charge on any atom is -0.492 e. The molecule has 110 valence electrons. The molecule has 0 saturated carbocycles. The third-order valence-corrected chi connectivity index (χ3v) is 3.47. The number of para-hydroxylation sites is 1. The van der Waals surface area contributed by atoms with Gasteiger partial charge < -0.3 is 14.0 Å². The number of aromatic nitrogens is 2. The molecular weight excluding hydrogens is 276 g/mol. The van der Waals surface area contributed by atoms with E-state index >= 15 is 0 Å². The number of imidazole rings is 1. The van der Waals surface area contributed by atoms with Gasteiger partial charge in [0.25, 0.3) is 0 Å². The predicted molar refractivity (Wildman–Crippen MR) is 81.8 cm³/mol. The van der Waals surface area contributed by atoms with E-state index in [4.69, 9.17) is 26.1 Å². The van der Waals surface area contributed by atoms with Crippen LogP contribution in [-0.4, -0.2) is 35.3 Å². The Balaban J connectivity index is 2.51. The highest BCUT2D eigenvalue weighted by Gasteiger charge is 2.15. The van der Waals surface area contributed by atoms with Gasteiger partial charge in [0.15, 0.2) is 0 Å². The van der Waals surface area contributed by atoms with Gasteiger partial charge in [-0.2, -0.15) is 0 Å². The normalized spacial score (nSPS) is 12.8. The summed E-state index contributed by atoms with van der Waals surface area (Å²) >= 11 is 5.89. The number of methoxy groups -OCH3 is 1. The van der Waals surface area contributed by atoms with Crippen LogP contribution >= 0.6 is 11.6 Å². The molecule has 4 nitrogen and oxygen atoms in total. The summed E-state index contributed by atoms with van der Waals surface area (Å²) in [5.74, 6) is 2.35. The summed E-state index contributed by atoms with van der Waals surface area (Å²) in [6.45, 7) is 5.41. The van der Waals surface area contributed by atoms with Crippen molar-refractivity contribution in [2.24, 2.45) is 0 Å². The SMILES string of the molecule is CCOc1cccc2c1nc(CCCl)n2CC(C)OC. The van der Waals surface area contributed by atoms with Gasteiger partial charge in [0, 0.05) is 19.4 Å². The van der Waals surface area contributed by atoms with Crippen LogP contribution in [0.4, 0.5) is 0 Å². The average molecular weight is 297 g/mol. The van der Waals surface area contributed by atoms with Crippen molar-refractivity contribution in [3.8, 4) is 5.75 Å². The molecule has 0 aliphatic carbocycles. The number of nitrogens with zero attached hydrogens (tertiary/aromatic N) is 2. The minimum absolute atomic E-state index is 0.122. The quantitative estimate of drug-likeness (QED) is 0.736. The Kier molecular flexibility index (Phi) is 5.26. The number of halogens is 1. The van der Waals surface area contributed by atoms with Gasteiger partial charge in [0.2, 0.25) is 0 Å². The van der Waals surface area contributed by atoms with Gasteiger partial charge in [-0.15, -0.1) is 11.6 Å². The van der Waals surface area contributed by atoms with Crippen molar-refractivity contribution in [3.05, 3.63) is 24.0 Å². The second-order valence-electron chi connectivity index (χ2n) is 4.68. The molecule has 2 rings (SSSR count). The first-order valence-corrected chi connectivity index (χ1v) is 7.44. The van der Waals surface area contributed by atoms with Gasteiger partial charge in [0.1, 0.15) is 17.1 Å². The fourth-order valence-electron chi connectivity index (χ4n) is 2.25. The van der Waals surface area contributed by atoms with E-state index in [0.717, 1.165) is 35.6 Å². The van der Waals surface area contributed by atoms with E-state index in [2.05, 4.69) is 10.6 Å². The Morgan fingerprint density at radius 3 is 2.85 bits per heavy atom. The lowest BCUT2D eigenvalue weighted by Crippen LogP contribution is -2.17. The maximum Gasteiger partial charge on any atom is 0.147 e. The highest BCUT2D eigenvalue weighted by Crippen LogP contribution is 2.27. The number of benzene rings is 1. The number of hydrogen-bond acceptors (Lipinski definition) is 3. The third-order valence-electron chi connectivity index (χ3n) is 3.28. The van der Waals surface area contributed by atoms with Gasteiger partial charge in [-0.3, -0.25) is 0 Å². The molecule has 1 aromatic heterocycles. The van der Waals surface area contributed by atoms with Gasteiger partial charge in [0.05, 0.1) is 24.8 Å². The number of hydrogen-bond donors (Lipinski definition) is 0. The van der Waals surface area contributed by atoms with Crippen LogP contribution in [0.25, 0.3) is 11.0 Å². The van der Waals surface area contributed by atoms with Crippen molar-refractivity contribution in [2.45, 2.75) is 32.9 Å².